The first kappa shape index (κ1) is 16.2. The highest BCUT2D eigenvalue weighted by molar-refractivity contribution is 7.80. The summed E-state index contributed by atoms with van der Waals surface area (Å²) in [5, 5.41) is 9.07. The van der Waals surface area contributed by atoms with Crippen LogP contribution < -0.4 is 5.73 Å². The second-order valence-electron chi connectivity index (χ2n) is 4.37. The Morgan fingerprint density at radius 2 is 2.00 bits per heavy atom. The average Bonchev–Trinajstić information content (AvgIpc) is 2.39. The Morgan fingerprint density at radius 3 is 2.50 bits per heavy atom. The number of phenols is 1. The number of benzene rings is 1. The fourth-order valence-corrected chi connectivity index (χ4v) is 1.61. The number of amides is 1. The number of nitrogens with two attached hydrogens (primary N) is 1. The first-order valence-corrected chi connectivity index (χ1v) is 5.98. The normalized spacial score (nSPS) is 12.1. The summed E-state index contributed by atoms with van der Waals surface area (Å²) in [4.78, 5) is 13.2. The second-order valence-corrected chi connectivity index (χ2v) is 4.84. The monoisotopic (exact) mass is 306 g/mol. The molecule has 3 N–H and O–H groups in total. The Balaban J connectivity index is 3.07. The van der Waals surface area contributed by atoms with E-state index in [1.54, 1.807) is 6.92 Å². The minimum absolute atomic E-state index is 0.0768. The number of hydrogen-bond donors (Lipinski definition) is 2. The van der Waals surface area contributed by atoms with E-state index in [4.69, 9.17) is 23.1 Å². The summed E-state index contributed by atoms with van der Waals surface area (Å²) >= 11 is 4.74. The quantitative estimate of drug-likeness (QED) is 0.657. The highest BCUT2D eigenvalue weighted by atomic mass is 32.1. The number of carbonyl (C=O) groups excluding carboxylic acids is 1. The molecule has 1 atom stereocenters. The zero-order chi connectivity index (χ0) is 15.6. The molecule has 110 valence electrons. The molecule has 0 aliphatic rings. The van der Waals surface area contributed by atoms with Crippen LogP contribution >= 0.6 is 12.2 Å². The molecular formula is C12H13F3N2O2S. The Labute approximate surface area is 119 Å². The summed E-state index contributed by atoms with van der Waals surface area (Å²) < 4.78 is 39.6. The average molecular weight is 306 g/mol. The molecule has 0 spiro atoms. The van der Waals surface area contributed by atoms with Gasteiger partial charge >= 0.3 is 0 Å². The number of hydrogen-bond acceptors (Lipinski definition) is 3. The fourth-order valence-electron chi connectivity index (χ4n) is 1.54. The molecule has 20 heavy (non-hydrogen) atoms. The summed E-state index contributed by atoms with van der Waals surface area (Å²) in [6.07, 6.45) is 0. The molecule has 0 aliphatic carbocycles. The van der Waals surface area contributed by atoms with E-state index >= 15 is 0 Å². The van der Waals surface area contributed by atoms with Gasteiger partial charge in [-0.15, -0.1) is 0 Å². The molecule has 0 bridgehead atoms. The molecule has 1 unspecified atom stereocenters. The molecule has 1 aromatic carbocycles. The third kappa shape index (κ3) is 3.19. The maximum absolute atomic E-state index is 13.6. The van der Waals surface area contributed by atoms with Gasteiger partial charge in [0, 0.05) is 19.5 Å². The molecule has 0 saturated heterocycles. The first-order valence-electron chi connectivity index (χ1n) is 5.58. The van der Waals surface area contributed by atoms with Gasteiger partial charge in [-0.2, -0.15) is 4.39 Å². The minimum Gasteiger partial charge on any atom is -0.503 e. The van der Waals surface area contributed by atoms with E-state index in [-0.39, 0.29) is 17.5 Å². The van der Waals surface area contributed by atoms with Gasteiger partial charge in [-0.3, -0.25) is 4.79 Å². The van der Waals surface area contributed by atoms with Gasteiger partial charge in [0.05, 0.1) is 10.6 Å². The van der Waals surface area contributed by atoms with Crippen LogP contribution in [0.4, 0.5) is 13.2 Å². The lowest BCUT2D eigenvalue weighted by Gasteiger charge is -2.21. The van der Waals surface area contributed by atoms with Crippen molar-refractivity contribution in [2.24, 2.45) is 11.7 Å². The predicted molar refractivity (Wildman–Crippen MR) is 70.9 cm³/mol. The van der Waals surface area contributed by atoms with Crippen molar-refractivity contribution >= 4 is 23.1 Å². The summed E-state index contributed by atoms with van der Waals surface area (Å²) in [5.74, 6) is -7.53. The van der Waals surface area contributed by atoms with Gasteiger partial charge in [0.15, 0.2) is 17.4 Å². The van der Waals surface area contributed by atoms with Crippen LogP contribution in [-0.4, -0.2) is 34.5 Å². The van der Waals surface area contributed by atoms with Crippen LogP contribution in [0.3, 0.4) is 0 Å². The lowest BCUT2D eigenvalue weighted by molar-refractivity contribution is 0.0780. The standard InChI is InChI=1S/C12H13F3N2O2S/c1-5(11(16)20)4-17(2)12(19)6-3-7(13)9(15)10(18)8(6)14/h3,5,18H,4H2,1-2H3,(H2,16,20). The topological polar surface area (TPSA) is 66.6 Å². The van der Waals surface area contributed by atoms with E-state index in [0.717, 1.165) is 4.90 Å². The largest absolute Gasteiger partial charge is 0.503 e. The fraction of sp³-hybridized carbons (Fsp3) is 0.333. The van der Waals surface area contributed by atoms with E-state index in [9.17, 15) is 18.0 Å². The lowest BCUT2D eigenvalue weighted by Crippen LogP contribution is -2.36. The van der Waals surface area contributed by atoms with Gasteiger partial charge < -0.3 is 15.7 Å². The lowest BCUT2D eigenvalue weighted by atomic mass is 10.1. The van der Waals surface area contributed by atoms with Crippen molar-refractivity contribution in [1.82, 2.24) is 4.90 Å². The Kier molecular flexibility index (Phi) is 4.93. The van der Waals surface area contributed by atoms with Gasteiger partial charge in [-0.1, -0.05) is 19.1 Å². The van der Waals surface area contributed by atoms with Crippen LogP contribution in [0.1, 0.15) is 17.3 Å². The molecule has 0 aromatic heterocycles. The number of aromatic hydroxyl groups is 1. The Morgan fingerprint density at radius 1 is 1.45 bits per heavy atom. The molecule has 1 rings (SSSR count). The highest BCUT2D eigenvalue weighted by Gasteiger charge is 2.25. The van der Waals surface area contributed by atoms with E-state index in [1.807, 2.05) is 0 Å². The molecule has 1 amide bonds. The van der Waals surface area contributed by atoms with Crippen LogP contribution in [0.25, 0.3) is 0 Å². The summed E-state index contributed by atoms with van der Waals surface area (Å²) in [6, 6.07) is 0.397. The van der Waals surface area contributed by atoms with Crippen LogP contribution in [-0.2, 0) is 0 Å². The first-order chi connectivity index (χ1) is 9.16. The van der Waals surface area contributed by atoms with Gasteiger partial charge in [0.1, 0.15) is 0 Å². The number of carbonyl (C=O) groups is 1. The smallest absolute Gasteiger partial charge is 0.256 e. The molecule has 0 aliphatic heterocycles. The zero-order valence-corrected chi connectivity index (χ0v) is 11.6. The van der Waals surface area contributed by atoms with Gasteiger partial charge in [0.25, 0.3) is 5.91 Å². The number of rotatable bonds is 4. The van der Waals surface area contributed by atoms with Crippen molar-refractivity contribution in [2.75, 3.05) is 13.6 Å². The van der Waals surface area contributed by atoms with Gasteiger partial charge in [-0.25, -0.2) is 8.78 Å². The number of thiocarbonyl (C=S) groups is 1. The summed E-state index contributed by atoms with van der Waals surface area (Å²) in [5.41, 5.74) is 4.63. The molecule has 4 nitrogen and oxygen atoms in total. The van der Waals surface area contributed by atoms with E-state index in [2.05, 4.69) is 0 Å². The number of phenolic OH excluding ortho intramolecular Hbond substituents is 1. The van der Waals surface area contributed by atoms with Crippen molar-refractivity contribution in [3.8, 4) is 5.75 Å². The number of halogens is 3. The molecule has 0 saturated carbocycles. The van der Waals surface area contributed by atoms with E-state index in [0.29, 0.717) is 6.07 Å². The zero-order valence-electron chi connectivity index (χ0n) is 10.8. The van der Waals surface area contributed by atoms with Crippen molar-refractivity contribution in [3.05, 3.63) is 29.1 Å². The Bertz CT molecular complexity index is 566. The van der Waals surface area contributed by atoms with Gasteiger partial charge in [-0.05, 0) is 6.07 Å². The SMILES string of the molecule is CC(CN(C)C(=O)c1cc(F)c(F)c(O)c1F)C(N)=S. The van der Waals surface area contributed by atoms with Crippen LogP contribution in [0.15, 0.2) is 6.07 Å². The molecule has 0 fully saturated rings. The maximum Gasteiger partial charge on any atom is 0.256 e. The molecule has 1 aromatic rings. The van der Waals surface area contributed by atoms with Crippen molar-refractivity contribution in [2.45, 2.75) is 6.92 Å². The van der Waals surface area contributed by atoms with E-state index < -0.39 is 34.7 Å². The molecular weight excluding hydrogens is 293 g/mol. The Hall–Kier alpha value is -1.83. The van der Waals surface area contributed by atoms with Crippen LogP contribution in [0, 0.1) is 23.4 Å². The molecule has 0 radical (unpaired) electrons. The van der Waals surface area contributed by atoms with Crippen LogP contribution in [0.2, 0.25) is 0 Å². The highest BCUT2D eigenvalue weighted by Crippen LogP contribution is 2.26. The van der Waals surface area contributed by atoms with Crippen molar-refractivity contribution in [3.63, 3.8) is 0 Å². The maximum atomic E-state index is 13.6. The minimum atomic E-state index is -1.74. The molecule has 0 heterocycles. The van der Waals surface area contributed by atoms with E-state index in [1.165, 1.54) is 7.05 Å². The van der Waals surface area contributed by atoms with Crippen LogP contribution in [0.5, 0.6) is 5.75 Å². The third-order valence-corrected chi connectivity index (χ3v) is 3.15. The number of nitrogens with zero attached hydrogens (tertiary/aromatic N) is 1. The third-order valence-electron chi connectivity index (χ3n) is 2.74. The molecule has 8 heteroatoms. The second kappa shape index (κ2) is 6.08. The summed E-state index contributed by atoms with van der Waals surface area (Å²) in [6.45, 7) is 1.73. The van der Waals surface area contributed by atoms with Crippen molar-refractivity contribution in [1.29, 1.82) is 0 Å². The van der Waals surface area contributed by atoms with Gasteiger partial charge in [0.2, 0.25) is 5.82 Å². The summed E-state index contributed by atoms with van der Waals surface area (Å²) in [7, 11) is 1.33. The predicted octanol–water partition coefficient (Wildman–Crippen LogP) is 1.80. The van der Waals surface area contributed by atoms with Crippen molar-refractivity contribution < 1.29 is 23.1 Å².